The lowest BCUT2D eigenvalue weighted by molar-refractivity contribution is 0.0656. The van der Waals surface area contributed by atoms with Crippen LogP contribution < -0.4 is 5.32 Å². The van der Waals surface area contributed by atoms with Crippen molar-refractivity contribution in [3.63, 3.8) is 0 Å². The van der Waals surface area contributed by atoms with Crippen LogP contribution in [0.5, 0.6) is 0 Å². The number of methoxy groups -OCH3 is 1. The van der Waals surface area contributed by atoms with E-state index in [0.29, 0.717) is 19.3 Å². The van der Waals surface area contributed by atoms with Gasteiger partial charge in [0.15, 0.2) is 0 Å². The van der Waals surface area contributed by atoms with E-state index in [1.165, 1.54) is 19.3 Å². The quantitative estimate of drug-likeness (QED) is 0.554. The van der Waals surface area contributed by atoms with Gasteiger partial charge in [-0.05, 0) is 25.8 Å². The van der Waals surface area contributed by atoms with E-state index in [0.717, 1.165) is 18.9 Å². The number of hydrogen-bond donors (Lipinski definition) is 1. The van der Waals surface area contributed by atoms with E-state index in [9.17, 15) is 0 Å². The molecule has 1 unspecified atom stereocenters. The van der Waals surface area contributed by atoms with Crippen LogP contribution in [-0.4, -0.2) is 40.0 Å². The Hall–Kier alpha value is -0.120. The van der Waals surface area contributed by atoms with Gasteiger partial charge in [-0.3, -0.25) is 0 Å². The van der Waals surface area contributed by atoms with E-state index in [4.69, 9.17) is 9.47 Å². The van der Waals surface area contributed by atoms with Crippen molar-refractivity contribution in [2.75, 3.05) is 34.0 Å². The lowest BCUT2D eigenvalue weighted by Crippen LogP contribution is -2.27. The lowest BCUT2D eigenvalue weighted by atomic mass is 10.0. The zero-order valence-electron chi connectivity index (χ0n) is 11.4. The van der Waals surface area contributed by atoms with Gasteiger partial charge in [-0.25, -0.2) is 0 Å². The van der Waals surface area contributed by atoms with Gasteiger partial charge in [0.1, 0.15) is 0 Å². The Kier molecular flexibility index (Phi) is 11.3. The molecule has 0 saturated carbocycles. The summed E-state index contributed by atoms with van der Waals surface area (Å²) in [4.78, 5) is 0. The van der Waals surface area contributed by atoms with Crippen LogP contribution in [0.25, 0.3) is 0 Å². The Morgan fingerprint density at radius 1 is 1.00 bits per heavy atom. The highest BCUT2D eigenvalue weighted by Crippen LogP contribution is 2.10. The molecule has 1 atom stereocenters. The molecule has 0 aromatic carbocycles. The number of rotatable bonds is 11. The van der Waals surface area contributed by atoms with Crippen LogP contribution in [0.3, 0.4) is 0 Å². The summed E-state index contributed by atoms with van der Waals surface area (Å²) in [6.07, 6.45) is 4.98. The summed E-state index contributed by atoms with van der Waals surface area (Å²) in [5.41, 5.74) is 0. The van der Waals surface area contributed by atoms with Crippen LogP contribution in [0.15, 0.2) is 0 Å². The monoisotopic (exact) mass is 231 g/mol. The average molecular weight is 231 g/mol. The minimum atomic E-state index is 0.598. The van der Waals surface area contributed by atoms with Gasteiger partial charge in [-0.2, -0.15) is 0 Å². The topological polar surface area (TPSA) is 30.5 Å². The molecule has 0 fully saturated rings. The molecule has 3 heteroatoms. The minimum absolute atomic E-state index is 0.598. The van der Waals surface area contributed by atoms with Gasteiger partial charge in [0, 0.05) is 19.8 Å². The van der Waals surface area contributed by atoms with Gasteiger partial charge in [0.25, 0.3) is 0 Å². The second-order valence-corrected chi connectivity index (χ2v) is 4.70. The second-order valence-electron chi connectivity index (χ2n) is 4.70. The van der Waals surface area contributed by atoms with Crippen molar-refractivity contribution in [1.29, 1.82) is 0 Å². The Bertz CT molecular complexity index is 140. The molecular weight excluding hydrogens is 202 g/mol. The van der Waals surface area contributed by atoms with E-state index in [-0.39, 0.29) is 0 Å². The fourth-order valence-corrected chi connectivity index (χ4v) is 1.68. The van der Waals surface area contributed by atoms with Crippen LogP contribution in [0, 0.1) is 5.92 Å². The zero-order chi connectivity index (χ0) is 12.2. The molecule has 0 aliphatic heterocycles. The summed E-state index contributed by atoms with van der Waals surface area (Å²) >= 11 is 0. The van der Waals surface area contributed by atoms with E-state index >= 15 is 0 Å². The van der Waals surface area contributed by atoms with Crippen LogP contribution in [0.4, 0.5) is 0 Å². The number of nitrogens with one attached hydrogen (secondary N) is 1. The van der Waals surface area contributed by atoms with E-state index in [1.807, 2.05) is 7.05 Å². The SMILES string of the molecule is CNC(CCCC(C)C)CCOCCOC. The second kappa shape index (κ2) is 11.4. The smallest absolute Gasteiger partial charge is 0.0700 e. The summed E-state index contributed by atoms with van der Waals surface area (Å²) in [6, 6.07) is 0.598. The Morgan fingerprint density at radius 2 is 1.75 bits per heavy atom. The Morgan fingerprint density at radius 3 is 2.31 bits per heavy atom. The molecule has 0 aliphatic carbocycles. The molecule has 16 heavy (non-hydrogen) atoms. The number of hydrogen-bond acceptors (Lipinski definition) is 3. The molecule has 0 aliphatic rings. The maximum absolute atomic E-state index is 5.47. The molecule has 3 nitrogen and oxygen atoms in total. The fraction of sp³-hybridized carbons (Fsp3) is 1.00. The van der Waals surface area contributed by atoms with Crippen LogP contribution in [-0.2, 0) is 9.47 Å². The first-order chi connectivity index (χ1) is 7.70. The molecule has 0 saturated heterocycles. The summed E-state index contributed by atoms with van der Waals surface area (Å²) in [6.45, 7) is 6.79. The van der Waals surface area contributed by atoms with Gasteiger partial charge >= 0.3 is 0 Å². The Labute approximate surface area is 101 Å². The zero-order valence-corrected chi connectivity index (χ0v) is 11.4. The van der Waals surface area contributed by atoms with Crippen LogP contribution >= 0.6 is 0 Å². The highest BCUT2D eigenvalue weighted by atomic mass is 16.5. The summed E-state index contributed by atoms with van der Waals surface area (Å²) in [5.74, 6) is 0.815. The minimum Gasteiger partial charge on any atom is -0.382 e. The van der Waals surface area contributed by atoms with Gasteiger partial charge in [-0.1, -0.05) is 26.7 Å². The third kappa shape index (κ3) is 10.4. The highest BCUT2D eigenvalue weighted by molar-refractivity contribution is 4.64. The van der Waals surface area contributed by atoms with Gasteiger partial charge in [0.2, 0.25) is 0 Å². The van der Waals surface area contributed by atoms with Crippen LogP contribution in [0.2, 0.25) is 0 Å². The molecule has 98 valence electrons. The van der Waals surface area contributed by atoms with Crippen molar-refractivity contribution in [2.24, 2.45) is 5.92 Å². The van der Waals surface area contributed by atoms with Crippen molar-refractivity contribution in [2.45, 2.75) is 45.6 Å². The van der Waals surface area contributed by atoms with E-state index < -0.39 is 0 Å². The standard InChI is InChI=1S/C13H29NO2/c1-12(2)6-5-7-13(14-3)8-9-16-11-10-15-4/h12-14H,5-11H2,1-4H3. The highest BCUT2D eigenvalue weighted by Gasteiger charge is 2.06. The third-order valence-corrected chi connectivity index (χ3v) is 2.78. The molecule has 0 spiro atoms. The van der Waals surface area contributed by atoms with Crippen molar-refractivity contribution in [3.05, 3.63) is 0 Å². The summed E-state index contributed by atoms with van der Waals surface area (Å²) in [7, 11) is 3.74. The average Bonchev–Trinajstić information content (AvgIpc) is 2.26. The molecule has 0 aromatic rings. The number of ether oxygens (including phenoxy) is 2. The van der Waals surface area contributed by atoms with Crippen molar-refractivity contribution in [3.8, 4) is 0 Å². The maximum Gasteiger partial charge on any atom is 0.0700 e. The Balaban J connectivity index is 3.36. The van der Waals surface area contributed by atoms with Crippen molar-refractivity contribution < 1.29 is 9.47 Å². The molecule has 1 N–H and O–H groups in total. The third-order valence-electron chi connectivity index (χ3n) is 2.78. The van der Waals surface area contributed by atoms with E-state index in [1.54, 1.807) is 7.11 Å². The van der Waals surface area contributed by atoms with Crippen molar-refractivity contribution in [1.82, 2.24) is 5.32 Å². The fourth-order valence-electron chi connectivity index (χ4n) is 1.68. The van der Waals surface area contributed by atoms with Gasteiger partial charge in [0.05, 0.1) is 13.2 Å². The van der Waals surface area contributed by atoms with Crippen LogP contribution in [0.1, 0.15) is 39.5 Å². The largest absolute Gasteiger partial charge is 0.382 e. The van der Waals surface area contributed by atoms with E-state index in [2.05, 4.69) is 19.2 Å². The first-order valence-electron chi connectivity index (χ1n) is 6.44. The normalized spacial score (nSPS) is 13.3. The molecular formula is C13H29NO2. The van der Waals surface area contributed by atoms with Gasteiger partial charge < -0.3 is 14.8 Å². The predicted octanol–water partition coefficient (Wildman–Crippen LogP) is 2.45. The molecule has 0 aromatic heterocycles. The molecule has 0 rings (SSSR count). The molecule has 0 heterocycles. The molecule has 0 bridgehead atoms. The summed E-state index contributed by atoms with van der Waals surface area (Å²) < 4.78 is 10.4. The first-order valence-corrected chi connectivity index (χ1v) is 6.44. The predicted molar refractivity (Wildman–Crippen MR) is 68.8 cm³/mol. The van der Waals surface area contributed by atoms with Gasteiger partial charge in [-0.15, -0.1) is 0 Å². The molecule has 0 radical (unpaired) electrons. The van der Waals surface area contributed by atoms with Crippen molar-refractivity contribution >= 4 is 0 Å². The lowest BCUT2D eigenvalue weighted by Gasteiger charge is -2.16. The first kappa shape index (κ1) is 15.9. The maximum atomic E-state index is 5.47. The summed E-state index contributed by atoms with van der Waals surface area (Å²) in [5, 5.41) is 3.36. The molecule has 0 amide bonds.